The first kappa shape index (κ1) is 15.8. The Balaban J connectivity index is 1.77. The van der Waals surface area contributed by atoms with Crippen molar-refractivity contribution in [2.75, 3.05) is 17.7 Å². The van der Waals surface area contributed by atoms with Crippen LogP contribution in [0.1, 0.15) is 24.0 Å². The number of nitrogens with one attached hydrogen (secondary N) is 2. The molecule has 24 heavy (non-hydrogen) atoms. The zero-order valence-electron chi connectivity index (χ0n) is 13.4. The molecule has 0 radical (unpaired) electrons. The number of nitrogens with zero attached hydrogens (tertiary/aromatic N) is 3. The normalized spacial score (nSPS) is 18.5. The van der Waals surface area contributed by atoms with Crippen molar-refractivity contribution in [3.05, 3.63) is 41.6 Å². The molecule has 6 heteroatoms. The van der Waals surface area contributed by atoms with Gasteiger partial charge in [-0.15, -0.1) is 0 Å². The van der Waals surface area contributed by atoms with Gasteiger partial charge in [0.15, 0.2) is 0 Å². The maximum atomic E-state index is 8.95. The fourth-order valence-electron chi connectivity index (χ4n) is 2.48. The van der Waals surface area contributed by atoms with Gasteiger partial charge in [-0.25, -0.2) is 4.98 Å². The molecule has 0 saturated heterocycles. The zero-order valence-corrected chi connectivity index (χ0v) is 13.4. The Morgan fingerprint density at radius 1 is 1.33 bits per heavy atom. The molecule has 0 unspecified atom stereocenters. The molecule has 0 aliphatic heterocycles. The van der Waals surface area contributed by atoms with Crippen LogP contribution >= 0.6 is 0 Å². The number of nitrogens with two attached hydrogens (primary N) is 1. The molecular weight excluding hydrogens is 300 g/mol. The Labute approximate surface area is 141 Å². The molecule has 0 spiro atoms. The minimum atomic E-state index is 0.292. The maximum absolute atomic E-state index is 8.95. The molecule has 1 saturated carbocycles. The Bertz CT molecular complexity index is 837. The first-order valence-electron chi connectivity index (χ1n) is 7.77. The predicted molar refractivity (Wildman–Crippen MR) is 93.6 cm³/mol. The number of rotatable bonds is 3. The summed E-state index contributed by atoms with van der Waals surface area (Å²) in [5.74, 6) is 7.84. The van der Waals surface area contributed by atoms with Crippen LogP contribution in [-0.4, -0.2) is 23.1 Å². The molecule has 1 aromatic carbocycles. The number of benzene rings is 1. The second-order valence-corrected chi connectivity index (χ2v) is 5.72. The van der Waals surface area contributed by atoms with Gasteiger partial charge in [-0.1, -0.05) is 17.9 Å². The number of hydrogen-bond donors (Lipinski definition) is 3. The third kappa shape index (κ3) is 3.62. The van der Waals surface area contributed by atoms with Gasteiger partial charge < -0.3 is 16.4 Å². The summed E-state index contributed by atoms with van der Waals surface area (Å²) < 4.78 is 0. The minimum Gasteiger partial charge on any atom is -0.372 e. The third-order valence-corrected chi connectivity index (χ3v) is 3.86. The van der Waals surface area contributed by atoms with E-state index in [1.165, 1.54) is 0 Å². The predicted octanol–water partition coefficient (Wildman–Crippen LogP) is 2.22. The van der Waals surface area contributed by atoms with E-state index in [4.69, 9.17) is 11.0 Å². The van der Waals surface area contributed by atoms with Gasteiger partial charge in [0.05, 0.1) is 23.4 Å². The summed E-state index contributed by atoms with van der Waals surface area (Å²) in [5, 5.41) is 15.1. The lowest BCUT2D eigenvalue weighted by Crippen LogP contribution is -2.35. The summed E-state index contributed by atoms with van der Waals surface area (Å²) in [6.07, 6.45) is 3.61. The van der Waals surface area contributed by atoms with Crippen LogP contribution in [0.15, 0.2) is 30.5 Å². The second-order valence-electron chi connectivity index (χ2n) is 5.72. The van der Waals surface area contributed by atoms with Crippen molar-refractivity contribution in [2.45, 2.75) is 18.9 Å². The van der Waals surface area contributed by atoms with Crippen LogP contribution in [-0.2, 0) is 0 Å². The molecule has 4 N–H and O–H groups in total. The van der Waals surface area contributed by atoms with Gasteiger partial charge >= 0.3 is 0 Å². The SMILES string of the molecule is CNc1nc(Nc2cccc(C#N)c2)ncc1C#CC1CC(N)C1. The average molecular weight is 318 g/mol. The number of anilines is 3. The highest BCUT2D eigenvalue weighted by Crippen LogP contribution is 2.25. The van der Waals surface area contributed by atoms with E-state index in [-0.39, 0.29) is 0 Å². The standard InChI is InChI=1S/C18H18N6/c1-21-17-14(6-5-12-7-15(20)8-12)11-22-18(24-17)23-16-4-2-3-13(9-16)10-19/h2-4,9,11-12,15H,7-8,20H2,1H3,(H2,21,22,23,24). The van der Waals surface area contributed by atoms with E-state index in [1.54, 1.807) is 25.4 Å². The van der Waals surface area contributed by atoms with Gasteiger partial charge in [-0.2, -0.15) is 10.2 Å². The quantitative estimate of drug-likeness (QED) is 0.750. The molecule has 6 nitrogen and oxygen atoms in total. The highest BCUT2D eigenvalue weighted by Gasteiger charge is 2.23. The number of aromatic nitrogens is 2. The van der Waals surface area contributed by atoms with Gasteiger partial charge in [-0.3, -0.25) is 0 Å². The lowest BCUT2D eigenvalue weighted by molar-refractivity contribution is 0.335. The van der Waals surface area contributed by atoms with Crippen LogP contribution in [0.2, 0.25) is 0 Å². The van der Waals surface area contributed by atoms with Crippen LogP contribution in [0, 0.1) is 29.1 Å². The molecular formula is C18H18N6. The summed E-state index contributed by atoms with van der Waals surface area (Å²) in [4.78, 5) is 8.74. The van der Waals surface area contributed by atoms with Crippen molar-refractivity contribution >= 4 is 17.5 Å². The second kappa shape index (κ2) is 6.99. The number of hydrogen-bond acceptors (Lipinski definition) is 6. The van der Waals surface area contributed by atoms with Crippen molar-refractivity contribution in [3.63, 3.8) is 0 Å². The Morgan fingerprint density at radius 3 is 2.88 bits per heavy atom. The van der Waals surface area contributed by atoms with E-state index in [0.29, 0.717) is 29.3 Å². The van der Waals surface area contributed by atoms with E-state index >= 15 is 0 Å². The summed E-state index contributed by atoms with van der Waals surface area (Å²) >= 11 is 0. The largest absolute Gasteiger partial charge is 0.372 e. The topological polar surface area (TPSA) is 99.6 Å². The van der Waals surface area contributed by atoms with E-state index < -0.39 is 0 Å². The molecule has 1 aromatic heterocycles. The Kier molecular flexibility index (Phi) is 4.60. The minimum absolute atomic E-state index is 0.292. The summed E-state index contributed by atoms with van der Waals surface area (Å²) in [5.41, 5.74) is 7.87. The molecule has 1 aliphatic carbocycles. The average Bonchev–Trinajstić information content (AvgIpc) is 2.58. The fraction of sp³-hybridized carbons (Fsp3) is 0.278. The Hall–Kier alpha value is -3.09. The van der Waals surface area contributed by atoms with Crippen LogP contribution in [0.25, 0.3) is 0 Å². The molecule has 1 aliphatic rings. The van der Waals surface area contributed by atoms with E-state index in [9.17, 15) is 0 Å². The van der Waals surface area contributed by atoms with Crippen LogP contribution in [0.4, 0.5) is 17.5 Å². The third-order valence-electron chi connectivity index (χ3n) is 3.86. The fourth-order valence-corrected chi connectivity index (χ4v) is 2.48. The van der Waals surface area contributed by atoms with Crippen molar-refractivity contribution < 1.29 is 0 Å². The smallest absolute Gasteiger partial charge is 0.229 e. The van der Waals surface area contributed by atoms with E-state index in [0.717, 1.165) is 24.1 Å². The lowest BCUT2D eigenvalue weighted by atomic mass is 9.81. The van der Waals surface area contributed by atoms with Gasteiger partial charge in [0.2, 0.25) is 5.95 Å². The lowest BCUT2D eigenvalue weighted by Gasteiger charge is -2.27. The van der Waals surface area contributed by atoms with Gasteiger partial charge in [0.1, 0.15) is 5.82 Å². The first-order valence-corrected chi connectivity index (χ1v) is 7.77. The van der Waals surface area contributed by atoms with Crippen molar-refractivity contribution in [2.24, 2.45) is 11.7 Å². The molecule has 2 aromatic rings. The van der Waals surface area contributed by atoms with Crippen molar-refractivity contribution in [1.29, 1.82) is 5.26 Å². The molecule has 0 bridgehead atoms. The van der Waals surface area contributed by atoms with Crippen LogP contribution in [0.3, 0.4) is 0 Å². The molecule has 1 heterocycles. The van der Waals surface area contributed by atoms with Gasteiger partial charge in [0, 0.05) is 24.7 Å². The molecule has 0 amide bonds. The zero-order chi connectivity index (χ0) is 16.9. The highest BCUT2D eigenvalue weighted by atomic mass is 15.1. The molecule has 120 valence electrons. The monoisotopic (exact) mass is 318 g/mol. The summed E-state index contributed by atoms with van der Waals surface area (Å²) in [7, 11) is 1.80. The molecule has 3 rings (SSSR count). The van der Waals surface area contributed by atoms with Crippen molar-refractivity contribution in [3.8, 4) is 17.9 Å². The number of nitriles is 1. The van der Waals surface area contributed by atoms with Crippen molar-refractivity contribution in [1.82, 2.24) is 9.97 Å². The van der Waals surface area contributed by atoms with E-state index in [1.807, 2.05) is 12.1 Å². The van der Waals surface area contributed by atoms with E-state index in [2.05, 4.69) is 38.5 Å². The van der Waals surface area contributed by atoms with Crippen LogP contribution < -0.4 is 16.4 Å². The van der Waals surface area contributed by atoms with Gasteiger partial charge in [0.25, 0.3) is 0 Å². The Morgan fingerprint density at radius 2 is 2.17 bits per heavy atom. The summed E-state index contributed by atoms with van der Waals surface area (Å²) in [6, 6.07) is 9.56. The maximum Gasteiger partial charge on any atom is 0.229 e. The molecule has 1 fully saturated rings. The summed E-state index contributed by atoms with van der Waals surface area (Å²) in [6.45, 7) is 0. The first-order chi connectivity index (χ1) is 11.7. The van der Waals surface area contributed by atoms with Gasteiger partial charge in [-0.05, 0) is 31.0 Å². The molecule has 0 atom stereocenters. The highest BCUT2D eigenvalue weighted by molar-refractivity contribution is 5.60. The van der Waals surface area contributed by atoms with Crippen LogP contribution in [0.5, 0.6) is 0 Å².